The first-order chi connectivity index (χ1) is 9.95. The molecule has 1 aliphatic rings. The Labute approximate surface area is 127 Å². The van der Waals surface area contributed by atoms with E-state index in [1.165, 1.54) is 6.92 Å². The lowest BCUT2D eigenvalue weighted by Gasteiger charge is -2.22. The number of benzene rings is 1. The topological polar surface area (TPSA) is 66.5 Å². The molecule has 0 aromatic heterocycles. The number of amides is 2. The number of ketones is 1. The Morgan fingerprint density at radius 3 is 2.86 bits per heavy atom. The van der Waals surface area contributed by atoms with Crippen LogP contribution in [-0.4, -0.2) is 45.5 Å². The normalized spacial score (nSPS) is 22.5. The van der Waals surface area contributed by atoms with Crippen LogP contribution in [0, 0.1) is 5.92 Å². The van der Waals surface area contributed by atoms with E-state index in [4.69, 9.17) is 0 Å². The summed E-state index contributed by atoms with van der Waals surface area (Å²) >= 11 is 0. The SMILES string of the molecule is CC(=O)c1cccc(NC(=O)N2CCS(=O)CC(C)C2)c1. The Hall–Kier alpha value is -1.69. The average Bonchev–Trinajstić information content (AvgIpc) is 2.59. The molecule has 1 saturated heterocycles. The summed E-state index contributed by atoms with van der Waals surface area (Å²) in [5, 5.41) is 2.81. The first kappa shape index (κ1) is 15.7. The van der Waals surface area contributed by atoms with E-state index in [1.807, 2.05) is 6.92 Å². The highest BCUT2D eigenvalue weighted by Crippen LogP contribution is 2.14. The molecule has 1 aliphatic heterocycles. The Kier molecular flexibility index (Phi) is 5.12. The summed E-state index contributed by atoms with van der Waals surface area (Å²) in [5.41, 5.74) is 1.17. The molecule has 0 aliphatic carbocycles. The molecule has 2 unspecified atom stereocenters. The van der Waals surface area contributed by atoms with Crippen molar-refractivity contribution in [1.82, 2.24) is 4.90 Å². The Morgan fingerprint density at radius 2 is 2.14 bits per heavy atom. The van der Waals surface area contributed by atoms with Crippen LogP contribution in [0.2, 0.25) is 0 Å². The first-order valence-corrected chi connectivity index (χ1v) is 8.46. The molecule has 1 N–H and O–H groups in total. The number of carbonyl (C=O) groups excluding carboxylic acids is 2. The zero-order chi connectivity index (χ0) is 15.4. The highest BCUT2D eigenvalue weighted by atomic mass is 32.2. The van der Waals surface area contributed by atoms with E-state index in [9.17, 15) is 13.8 Å². The number of nitrogens with zero attached hydrogens (tertiary/aromatic N) is 1. The van der Waals surface area contributed by atoms with E-state index < -0.39 is 10.8 Å². The van der Waals surface area contributed by atoms with Gasteiger partial charge in [-0.25, -0.2) is 4.79 Å². The molecule has 2 rings (SSSR count). The maximum atomic E-state index is 12.3. The molecule has 0 spiro atoms. The fourth-order valence-electron chi connectivity index (χ4n) is 2.34. The van der Waals surface area contributed by atoms with Crippen molar-refractivity contribution in [3.05, 3.63) is 29.8 Å². The minimum absolute atomic E-state index is 0.0371. The van der Waals surface area contributed by atoms with Gasteiger partial charge in [0.15, 0.2) is 5.78 Å². The smallest absolute Gasteiger partial charge is 0.321 e. The molecule has 2 amide bonds. The molecule has 114 valence electrons. The summed E-state index contributed by atoms with van der Waals surface area (Å²) in [7, 11) is -0.848. The summed E-state index contributed by atoms with van der Waals surface area (Å²) in [6.07, 6.45) is 0. The maximum Gasteiger partial charge on any atom is 0.321 e. The van der Waals surface area contributed by atoms with Gasteiger partial charge in [0.2, 0.25) is 0 Å². The van der Waals surface area contributed by atoms with Gasteiger partial charge in [-0.05, 0) is 25.0 Å². The molecular formula is C15H20N2O3S. The minimum Gasteiger partial charge on any atom is -0.323 e. The van der Waals surface area contributed by atoms with Gasteiger partial charge in [-0.3, -0.25) is 9.00 Å². The fraction of sp³-hybridized carbons (Fsp3) is 0.467. The van der Waals surface area contributed by atoms with Crippen LogP contribution < -0.4 is 5.32 Å². The third-order valence-corrected chi connectivity index (χ3v) is 4.98. The number of hydrogen-bond acceptors (Lipinski definition) is 3. The van der Waals surface area contributed by atoms with Gasteiger partial charge in [-0.1, -0.05) is 19.1 Å². The highest BCUT2D eigenvalue weighted by Gasteiger charge is 2.22. The van der Waals surface area contributed by atoms with Crippen molar-refractivity contribution in [1.29, 1.82) is 0 Å². The van der Waals surface area contributed by atoms with Crippen molar-refractivity contribution in [3.8, 4) is 0 Å². The maximum absolute atomic E-state index is 12.3. The Bertz CT molecular complexity index is 574. The van der Waals surface area contributed by atoms with Crippen LogP contribution in [0.3, 0.4) is 0 Å². The predicted molar refractivity (Wildman–Crippen MR) is 84.1 cm³/mol. The summed E-state index contributed by atoms with van der Waals surface area (Å²) < 4.78 is 11.7. The van der Waals surface area contributed by atoms with Crippen LogP contribution >= 0.6 is 0 Å². The molecule has 0 radical (unpaired) electrons. The van der Waals surface area contributed by atoms with E-state index in [0.29, 0.717) is 35.8 Å². The summed E-state index contributed by atoms with van der Waals surface area (Å²) in [6, 6.07) is 6.67. The number of rotatable bonds is 2. The van der Waals surface area contributed by atoms with Gasteiger partial charge in [-0.15, -0.1) is 0 Å². The van der Waals surface area contributed by atoms with Gasteiger partial charge in [0.1, 0.15) is 0 Å². The lowest BCUT2D eigenvalue weighted by atomic mass is 10.1. The van der Waals surface area contributed by atoms with E-state index in [1.54, 1.807) is 29.2 Å². The molecule has 0 bridgehead atoms. The third kappa shape index (κ3) is 4.39. The molecule has 6 heteroatoms. The van der Waals surface area contributed by atoms with Crippen molar-refractivity contribution in [2.45, 2.75) is 13.8 Å². The van der Waals surface area contributed by atoms with Gasteiger partial charge in [-0.2, -0.15) is 0 Å². The number of Topliss-reactive ketones (excluding diaryl/α,β-unsaturated/α-hetero) is 1. The van der Waals surface area contributed by atoms with Gasteiger partial charge in [0.25, 0.3) is 0 Å². The van der Waals surface area contributed by atoms with Crippen LogP contribution in [0.15, 0.2) is 24.3 Å². The van der Waals surface area contributed by atoms with Crippen molar-refractivity contribution < 1.29 is 13.8 Å². The zero-order valence-corrected chi connectivity index (χ0v) is 13.1. The van der Waals surface area contributed by atoms with E-state index in [2.05, 4.69) is 5.32 Å². The molecule has 2 atom stereocenters. The second-order valence-corrected chi connectivity index (χ2v) is 7.05. The predicted octanol–water partition coefficient (Wildman–Crippen LogP) is 2.12. The number of urea groups is 1. The van der Waals surface area contributed by atoms with Crippen LogP contribution in [0.25, 0.3) is 0 Å². The third-order valence-electron chi connectivity index (χ3n) is 3.40. The summed E-state index contributed by atoms with van der Waals surface area (Å²) in [4.78, 5) is 25.3. The van der Waals surface area contributed by atoms with Crippen molar-refractivity contribution >= 4 is 28.3 Å². The Morgan fingerprint density at radius 1 is 1.38 bits per heavy atom. The van der Waals surface area contributed by atoms with Gasteiger partial charge >= 0.3 is 6.03 Å². The number of nitrogens with one attached hydrogen (secondary N) is 1. The average molecular weight is 308 g/mol. The van der Waals surface area contributed by atoms with Crippen molar-refractivity contribution in [2.75, 3.05) is 29.9 Å². The zero-order valence-electron chi connectivity index (χ0n) is 12.3. The van der Waals surface area contributed by atoms with E-state index in [-0.39, 0.29) is 17.7 Å². The van der Waals surface area contributed by atoms with Crippen LogP contribution in [-0.2, 0) is 10.8 Å². The van der Waals surface area contributed by atoms with Crippen molar-refractivity contribution in [3.63, 3.8) is 0 Å². The van der Waals surface area contributed by atoms with Gasteiger partial charge in [0.05, 0.1) is 0 Å². The van der Waals surface area contributed by atoms with Gasteiger partial charge in [0, 0.05) is 46.6 Å². The highest BCUT2D eigenvalue weighted by molar-refractivity contribution is 7.85. The molecule has 1 aromatic carbocycles. The lowest BCUT2D eigenvalue weighted by Crippen LogP contribution is -2.38. The summed E-state index contributed by atoms with van der Waals surface area (Å²) in [5.74, 6) is 1.35. The molecular weight excluding hydrogens is 288 g/mol. The Balaban J connectivity index is 2.05. The summed E-state index contributed by atoms with van der Waals surface area (Å²) in [6.45, 7) is 4.59. The quantitative estimate of drug-likeness (QED) is 0.851. The molecule has 21 heavy (non-hydrogen) atoms. The number of hydrogen-bond donors (Lipinski definition) is 1. The molecule has 1 fully saturated rings. The van der Waals surface area contributed by atoms with Crippen LogP contribution in [0.4, 0.5) is 10.5 Å². The van der Waals surface area contributed by atoms with Crippen LogP contribution in [0.1, 0.15) is 24.2 Å². The molecule has 5 nitrogen and oxygen atoms in total. The lowest BCUT2D eigenvalue weighted by molar-refractivity contribution is 0.101. The second kappa shape index (κ2) is 6.85. The molecule has 1 heterocycles. The largest absolute Gasteiger partial charge is 0.323 e. The first-order valence-electron chi connectivity index (χ1n) is 6.97. The number of anilines is 1. The monoisotopic (exact) mass is 308 g/mol. The number of carbonyl (C=O) groups is 2. The van der Waals surface area contributed by atoms with Crippen molar-refractivity contribution in [2.24, 2.45) is 5.92 Å². The van der Waals surface area contributed by atoms with Crippen LogP contribution in [0.5, 0.6) is 0 Å². The second-order valence-electron chi connectivity index (χ2n) is 5.43. The minimum atomic E-state index is -0.848. The standard InChI is InChI=1S/C15H20N2O3S/c1-11-9-17(6-7-21(20)10-11)15(19)16-14-5-3-4-13(8-14)12(2)18/h3-5,8,11H,6-7,9-10H2,1-2H3,(H,16,19). The molecule has 1 aromatic rings. The fourth-order valence-corrected chi connectivity index (χ4v) is 3.67. The molecule has 0 saturated carbocycles. The van der Waals surface area contributed by atoms with Gasteiger partial charge < -0.3 is 10.2 Å². The van der Waals surface area contributed by atoms with E-state index in [0.717, 1.165) is 0 Å². The van der Waals surface area contributed by atoms with E-state index >= 15 is 0 Å².